The Bertz CT molecular complexity index is 566. The number of hydrogen-bond acceptors (Lipinski definition) is 5. The van der Waals surface area contributed by atoms with Gasteiger partial charge in [0.25, 0.3) is 0 Å². The van der Waals surface area contributed by atoms with Gasteiger partial charge in [0.1, 0.15) is 12.4 Å². The first kappa shape index (κ1) is 18.6. The van der Waals surface area contributed by atoms with Crippen LogP contribution in [0, 0.1) is 0 Å². The molecule has 3 rings (SSSR count). The second-order valence-corrected chi connectivity index (χ2v) is 7.73. The summed E-state index contributed by atoms with van der Waals surface area (Å²) >= 11 is 0. The largest absolute Gasteiger partial charge is 0.492 e. The summed E-state index contributed by atoms with van der Waals surface area (Å²) in [5.74, 6) is 0.931. The maximum Gasteiger partial charge on any atom is 0.119 e. The van der Waals surface area contributed by atoms with Gasteiger partial charge in [0, 0.05) is 32.8 Å². The van der Waals surface area contributed by atoms with E-state index in [0.29, 0.717) is 12.6 Å². The number of aliphatic hydroxyl groups excluding tert-OH is 1. The summed E-state index contributed by atoms with van der Waals surface area (Å²) in [7, 11) is 5.93. The fourth-order valence-electron chi connectivity index (χ4n) is 4.27. The summed E-state index contributed by atoms with van der Waals surface area (Å²) < 4.78 is 11.8. The van der Waals surface area contributed by atoms with Crippen LogP contribution in [-0.2, 0) is 11.3 Å². The zero-order valence-electron chi connectivity index (χ0n) is 15.8. The van der Waals surface area contributed by atoms with E-state index >= 15 is 0 Å². The van der Waals surface area contributed by atoms with Crippen molar-refractivity contribution in [2.75, 3.05) is 40.9 Å². The minimum atomic E-state index is -0.199. The molecule has 0 radical (unpaired) electrons. The van der Waals surface area contributed by atoms with Crippen molar-refractivity contribution in [3.05, 3.63) is 29.8 Å². The minimum Gasteiger partial charge on any atom is -0.492 e. The molecule has 1 aliphatic heterocycles. The number of hydrogen-bond donors (Lipinski definition) is 1. The quantitative estimate of drug-likeness (QED) is 0.818. The summed E-state index contributed by atoms with van der Waals surface area (Å²) in [5, 5.41) is 10.1. The number of nitrogens with zero attached hydrogens (tertiary/aromatic N) is 2. The van der Waals surface area contributed by atoms with E-state index in [2.05, 4.69) is 28.0 Å². The SMILES string of the molecule is CO[C@@]12CC[C@H](O)C[C@@H]1N(Cc1cccc(OCCN(C)C)c1)CC2. The zero-order chi connectivity index (χ0) is 17.9. The monoisotopic (exact) mass is 348 g/mol. The van der Waals surface area contributed by atoms with E-state index in [1.54, 1.807) is 0 Å². The Balaban J connectivity index is 1.64. The Morgan fingerprint density at radius 1 is 1.32 bits per heavy atom. The van der Waals surface area contributed by atoms with E-state index in [1.807, 2.05) is 27.3 Å². The number of aliphatic hydroxyl groups is 1. The third-order valence-electron chi connectivity index (χ3n) is 5.76. The lowest BCUT2D eigenvalue weighted by Crippen LogP contribution is -2.51. The van der Waals surface area contributed by atoms with Crippen LogP contribution in [0.5, 0.6) is 5.75 Å². The molecule has 1 aromatic rings. The van der Waals surface area contributed by atoms with Crippen molar-refractivity contribution in [2.24, 2.45) is 0 Å². The third kappa shape index (κ3) is 4.34. The van der Waals surface area contributed by atoms with Gasteiger partial charge in [-0.15, -0.1) is 0 Å². The first-order valence-electron chi connectivity index (χ1n) is 9.36. The summed E-state index contributed by atoms with van der Waals surface area (Å²) in [6.07, 6.45) is 3.48. The average molecular weight is 348 g/mol. The van der Waals surface area contributed by atoms with E-state index in [0.717, 1.165) is 51.1 Å². The van der Waals surface area contributed by atoms with Gasteiger partial charge in [-0.2, -0.15) is 0 Å². The molecular formula is C20H32N2O3. The topological polar surface area (TPSA) is 45.2 Å². The number of likely N-dealkylation sites (N-methyl/N-ethyl adjacent to an activating group) is 1. The molecule has 5 nitrogen and oxygen atoms in total. The highest BCUT2D eigenvalue weighted by Crippen LogP contribution is 2.43. The van der Waals surface area contributed by atoms with Crippen LogP contribution < -0.4 is 4.74 Å². The van der Waals surface area contributed by atoms with Gasteiger partial charge >= 0.3 is 0 Å². The number of likely N-dealkylation sites (tertiary alicyclic amines) is 1. The van der Waals surface area contributed by atoms with Crippen LogP contribution in [0.1, 0.15) is 31.2 Å². The van der Waals surface area contributed by atoms with Gasteiger partial charge in [-0.1, -0.05) is 12.1 Å². The molecular weight excluding hydrogens is 316 g/mol. The molecule has 1 saturated carbocycles. The average Bonchev–Trinajstić information content (AvgIpc) is 2.94. The van der Waals surface area contributed by atoms with Crippen LogP contribution in [0.4, 0.5) is 0 Å². The van der Waals surface area contributed by atoms with Crippen molar-refractivity contribution < 1.29 is 14.6 Å². The Morgan fingerprint density at radius 2 is 2.16 bits per heavy atom. The lowest BCUT2D eigenvalue weighted by atomic mass is 9.79. The highest BCUT2D eigenvalue weighted by molar-refractivity contribution is 5.29. The fourth-order valence-corrected chi connectivity index (χ4v) is 4.27. The fraction of sp³-hybridized carbons (Fsp3) is 0.700. The van der Waals surface area contributed by atoms with Crippen molar-refractivity contribution in [2.45, 2.75) is 50.0 Å². The third-order valence-corrected chi connectivity index (χ3v) is 5.76. The second-order valence-electron chi connectivity index (χ2n) is 7.73. The van der Waals surface area contributed by atoms with E-state index in [9.17, 15) is 5.11 Å². The number of methoxy groups -OCH3 is 1. The van der Waals surface area contributed by atoms with Crippen molar-refractivity contribution in [3.63, 3.8) is 0 Å². The molecule has 3 atom stereocenters. The Hall–Kier alpha value is -1.14. The Kier molecular flexibility index (Phi) is 6.00. The standard InChI is InChI=1S/C20H32N2O3/c1-21(2)11-12-25-18-6-4-5-16(13-18)15-22-10-9-20(24-3)8-7-17(23)14-19(20)22/h4-6,13,17,19,23H,7-12,14-15H2,1-3H3/t17-,19-,20+/m0/s1. The summed E-state index contributed by atoms with van der Waals surface area (Å²) in [6, 6.07) is 8.69. The van der Waals surface area contributed by atoms with Crippen molar-refractivity contribution in [3.8, 4) is 5.75 Å². The smallest absolute Gasteiger partial charge is 0.119 e. The first-order chi connectivity index (χ1) is 12.0. The number of ether oxygens (including phenoxy) is 2. The van der Waals surface area contributed by atoms with Gasteiger partial charge in [0.2, 0.25) is 0 Å². The Morgan fingerprint density at radius 3 is 2.92 bits per heavy atom. The van der Waals surface area contributed by atoms with Crippen LogP contribution >= 0.6 is 0 Å². The van der Waals surface area contributed by atoms with Gasteiger partial charge in [-0.3, -0.25) is 4.90 Å². The van der Waals surface area contributed by atoms with E-state index in [1.165, 1.54) is 5.56 Å². The van der Waals surface area contributed by atoms with Crippen molar-refractivity contribution in [1.82, 2.24) is 9.80 Å². The lowest BCUT2D eigenvalue weighted by Gasteiger charge is -2.42. The summed E-state index contributed by atoms with van der Waals surface area (Å²) in [6.45, 7) is 3.51. The second kappa shape index (κ2) is 8.04. The number of rotatable bonds is 7. The molecule has 1 aromatic carbocycles. The first-order valence-corrected chi connectivity index (χ1v) is 9.36. The normalized spacial score (nSPS) is 29.8. The van der Waals surface area contributed by atoms with Crippen LogP contribution in [-0.4, -0.2) is 73.6 Å². The molecule has 0 unspecified atom stereocenters. The molecule has 1 N–H and O–H groups in total. The van der Waals surface area contributed by atoms with Crippen molar-refractivity contribution >= 4 is 0 Å². The molecule has 0 amide bonds. The molecule has 5 heteroatoms. The van der Waals surface area contributed by atoms with E-state index in [4.69, 9.17) is 9.47 Å². The van der Waals surface area contributed by atoms with Crippen molar-refractivity contribution in [1.29, 1.82) is 0 Å². The van der Waals surface area contributed by atoms with Crippen LogP contribution in [0.3, 0.4) is 0 Å². The molecule has 1 aliphatic carbocycles. The highest BCUT2D eigenvalue weighted by atomic mass is 16.5. The van der Waals surface area contributed by atoms with Gasteiger partial charge in [0.05, 0.1) is 11.7 Å². The van der Waals surface area contributed by atoms with Crippen LogP contribution in [0.2, 0.25) is 0 Å². The maximum atomic E-state index is 10.1. The zero-order valence-corrected chi connectivity index (χ0v) is 15.8. The van der Waals surface area contributed by atoms with Gasteiger partial charge in [-0.05, 0) is 57.5 Å². The van der Waals surface area contributed by atoms with Gasteiger partial charge in [0.15, 0.2) is 0 Å². The van der Waals surface area contributed by atoms with E-state index < -0.39 is 0 Å². The maximum absolute atomic E-state index is 10.1. The summed E-state index contributed by atoms with van der Waals surface area (Å²) in [5.41, 5.74) is 1.19. The predicted octanol–water partition coefficient (Wildman–Crippen LogP) is 2.13. The lowest BCUT2D eigenvalue weighted by molar-refractivity contribution is -0.0879. The van der Waals surface area contributed by atoms with Crippen LogP contribution in [0.15, 0.2) is 24.3 Å². The number of benzene rings is 1. The molecule has 2 fully saturated rings. The highest BCUT2D eigenvalue weighted by Gasteiger charge is 2.50. The summed E-state index contributed by atoms with van der Waals surface area (Å²) in [4.78, 5) is 4.59. The minimum absolute atomic E-state index is 0.0704. The van der Waals surface area contributed by atoms with Crippen LogP contribution in [0.25, 0.3) is 0 Å². The molecule has 0 spiro atoms. The molecule has 1 heterocycles. The number of fused-ring (bicyclic) bond motifs is 1. The molecule has 0 bridgehead atoms. The Labute approximate surface area is 151 Å². The molecule has 2 aliphatic rings. The molecule has 140 valence electrons. The molecule has 0 aromatic heterocycles. The van der Waals surface area contributed by atoms with Gasteiger partial charge < -0.3 is 19.5 Å². The van der Waals surface area contributed by atoms with Gasteiger partial charge in [-0.25, -0.2) is 0 Å². The van der Waals surface area contributed by atoms with E-state index in [-0.39, 0.29) is 11.7 Å². The molecule has 1 saturated heterocycles. The predicted molar refractivity (Wildman–Crippen MR) is 98.9 cm³/mol. The molecule has 25 heavy (non-hydrogen) atoms.